The van der Waals surface area contributed by atoms with Gasteiger partial charge in [-0.2, -0.15) is 0 Å². The third kappa shape index (κ3) is 2.70. The molecule has 0 amide bonds. The molecule has 0 aromatic heterocycles. The van der Waals surface area contributed by atoms with E-state index in [0.29, 0.717) is 19.3 Å². The molecule has 1 aliphatic heterocycles. The summed E-state index contributed by atoms with van der Waals surface area (Å²) in [6, 6.07) is 5.89. The van der Waals surface area contributed by atoms with Crippen LogP contribution >= 0.6 is 15.9 Å². The molecular weight excluding hydrogens is 360 g/mol. The average Bonchev–Trinajstić information content (AvgIpc) is 2.81. The number of methoxy groups -OCH3 is 2. The molecule has 0 unspecified atom stereocenters. The van der Waals surface area contributed by atoms with Crippen LogP contribution in [0.25, 0.3) is 0 Å². The number of rotatable bonds is 5. The van der Waals surface area contributed by atoms with Crippen molar-refractivity contribution >= 4 is 21.9 Å². The van der Waals surface area contributed by atoms with Gasteiger partial charge in [0.1, 0.15) is 5.75 Å². The summed E-state index contributed by atoms with van der Waals surface area (Å²) in [4.78, 5) is 12.6. The average molecular weight is 381 g/mol. The quantitative estimate of drug-likeness (QED) is 0.571. The number of hydrogen-bond donors (Lipinski definition) is 0. The van der Waals surface area contributed by atoms with E-state index in [1.165, 1.54) is 0 Å². The molecule has 2 atom stereocenters. The Balaban J connectivity index is 1.86. The maximum atomic E-state index is 12.6. The SMILES string of the molecule is COc1ccc(Br)c(CC[C@]23C[C@](OC)(CC=C2C)OC3=O)c1. The van der Waals surface area contributed by atoms with E-state index in [2.05, 4.69) is 22.0 Å². The third-order valence-electron chi connectivity index (χ3n) is 5.16. The van der Waals surface area contributed by atoms with Crippen molar-refractivity contribution in [3.05, 3.63) is 39.9 Å². The van der Waals surface area contributed by atoms with Gasteiger partial charge in [0.15, 0.2) is 0 Å². The lowest BCUT2D eigenvalue weighted by molar-refractivity contribution is -0.199. The van der Waals surface area contributed by atoms with Gasteiger partial charge >= 0.3 is 5.97 Å². The Kier molecular flexibility index (Phi) is 4.27. The molecule has 23 heavy (non-hydrogen) atoms. The first-order valence-corrected chi connectivity index (χ1v) is 8.52. The van der Waals surface area contributed by atoms with Crippen LogP contribution in [0.5, 0.6) is 5.75 Å². The Morgan fingerprint density at radius 2 is 2.13 bits per heavy atom. The van der Waals surface area contributed by atoms with Gasteiger partial charge in [-0.05, 0) is 43.5 Å². The maximum Gasteiger partial charge on any atom is 0.318 e. The minimum Gasteiger partial charge on any atom is -0.497 e. The van der Waals surface area contributed by atoms with Crippen LogP contribution in [0.4, 0.5) is 0 Å². The highest BCUT2D eigenvalue weighted by Gasteiger charge is 2.59. The lowest BCUT2D eigenvalue weighted by Gasteiger charge is -2.33. The molecule has 0 radical (unpaired) electrons. The Morgan fingerprint density at radius 3 is 2.83 bits per heavy atom. The summed E-state index contributed by atoms with van der Waals surface area (Å²) >= 11 is 3.58. The largest absolute Gasteiger partial charge is 0.497 e. The molecule has 124 valence electrons. The lowest BCUT2D eigenvalue weighted by atomic mass is 9.70. The standard InChI is InChI=1S/C18H21BrO4/c1-12-6-9-18(22-3)11-17(12,16(20)23-18)8-7-13-10-14(21-2)4-5-15(13)19/h4-6,10H,7-9,11H2,1-3H3/t17-,18-/m0/s1. The van der Waals surface area contributed by atoms with Crippen molar-refractivity contribution in [1.82, 2.24) is 0 Å². The van der Waals surface area contributed by atoms with E-state index in [1.54, 1.807) is 14.2 Å². The van der Waals surface area contributed by atoms with E-state index < -0.39 is 11.2 Å². The molecule has 4 nitrogen and oxygen atoms in total. The monoisotopic (exact) mass is 380 g/mol. The molecule has 0 N–H and O–H groups in total. The first-order valence-electron chi connectivity index (χ1n) is 7.73. The molecule has 1 aromatic rings. The predicted molar refractivity (Wildman–Crippen MR) is 90.3 cm³/mol. The summed E-state index contributed by atoms with van der Waals surface area (Å²) in [6.07, 6.45) is 4.77. The van der Waals surface area contributed by atoms with Crippen molar-refractivity contribution in [3.63, 3.8) is 0 Å². The predicted octanol–water partition coefficient (Wildman–Crippen LogP) is 4.02. The van der Waals surface area contributed by atoms with Crippen LogP contribution in [0.3, 0.4) is 0 Å². The normalized spacial score (nSPS) is 29.2. The van der Waals surface area contributed by atoms with Crippen LogP contribution in [-0.2, 0) is 20.7 Å². The number of aryl methyl sites for hydroxylation is 1. The smallest absolute Gasteiger partial charge is 0.318 e. The van der Waals surface area contributed by atoms with Crippen molar-refractivity contribution < 1.29 is 19.0 Å². The highest BCUT2D eigenvalue weighted by molar-refractivity contribution is 9.10. The molecule has 2 aliphatic rings. The van der Waals surface area contributed by atoms with Gasteiger partial charge in [-0.1, -0.05) is 27.6 Å². The van der Waals surface area contributed by atoms with Crippen molar-refractivity contribution in [2.45, 2.75) is 38.4 Å². The van der Waals surface area contributed by atoms with Crippen LogP contribution in [0.2, 0.25) is 0 Å². The highest BCUT2D eigenvalue weighted by Crippen LogP contribution is 2.53. The van der Waals surface area contributed by atoms with Gasteiger partial charge in [0.05, 0.1) is 12.5 Å². The molecule has 1 saturated heterocycles. The number of halogens is 1. The number of carbonyl (C=O) groups is 1. The Morgan fingerprint density at radius 1 is 1.35 bits per heavy atom. The molecule has 1 aromatic carbocycles. The Bertz CT molecular complexity index is 669. The highest BCUT2D eigenvalue weighted by atomic mass is 79.9. The maximum absolute atomic E-state index is 12.6. The second kappa shape index (κ2) is 5.95. The number of esters is 1. The minimum absolute atomic E-state index is 0.162. The van der Waals surface area contributed by atoms with Gasteiger partial charge in [0, 0.05) is 24.4 Å². The van der Waals surface area contributed by atoms with Gasteiger partial charge < -0.3 is 14.2 Å². The molecule has 0 saturated carbocycles. The van der Waals surface area contributed by atoms with E-state index in [0.717, 1.165) is 27.8 Å². The van der Waals surface area contributed by atoms with Crippen LogP contribution < -0.4 is 4.74 Å². The number of hydrogen-bond acceptors (Lipinski definition) is 4. The summed E-state index contributed by atoms with van der Waals surface area (Å²) in [5.74, 6) is -0.121. The fourth-order valence-electron chi connectivity index (χ4n) is 3.56. The van der Waals surface area contributed by atoms with Crippen LogP contribution in [0.15, 0.2) is 34.3 Å². The summed E-state index contributed by atoms with van der Waals surface area (Å²) in [5, 5.41) is 0. The number of ether oxygens (including phenoxy) is 3. The third-order valence-corrected chi connectivity index (χ3v) is 5.93. The molecule has 1 fully saturated rings. The lowest BCUT2D eigenvalue weighted by Crippen LogP contribution is -2.35. The van der Waals surface area contributed by atoms with Gasteiger partial charge in [0.2, 0.25) is 5.79 Å². The van der Waals surface area contributed by atoms with Gasteiger partial charge in [-0.25, -0.2) is 0 Å². The van der Waals surface area contributed by atoms with Gasteiger partial charge in [-0.15, -0.1) is 0 Å². The van der Waals surface area contributed by atoms with Crippen LogP contribution in [-0.4, -0.2) is 26.0 Å². The number of carbonyl (C=O) groups excluding carboxylic acids is 1. The first kappa shape index (κ1) is 16.5. The molecule has 0 spiro atoms. The summed E-state index contributed by atoms with van der Waals surface area (Å²) in [7, 11) is 3.26. The van der Waals surface area contributed by atoms with Crippen molar-refractivity contribution in [2.75, 3.05) is 14.2 Å². The van der Waals surface area contributed by atoms with Crippen LogP contribution in [0, 0.1) is 5.41 Å². The first-order chi connectivity index (χ1) is 10.9. The second-order valence-corrected chi connectivity index (χ2v) is 7.17. The molecule has 2 bridgehead atoms. The van der Waals surface area contributed by atoms with E-state index >= 15 is 0 Å². The molecular formula is C18H21BrO4. The van der Waals surface area contributed by atoms with Crippen molar-refractivity contribution in [2.24, 2.45) is 5.41 Å². The zero-order chi connectivity index (χ0) is 16.7. The minimum atomic E-state index is -0.776. The summed E-state index contributed by atoms with van der Waals surface area (Å²) in [6.45, 7) is 2.02. The fraction of sp³-hybridized carbons (Fsp3) is 0.500. The molecule has 3 rings (SSSR count). The Hall–Kier alpha value is -1.33. The molecule has 1 aliphatic carbocycles. The fourth-order valence-corrected chi connectivity index (χ4v) is 4.00. The van der Waals surface area contributed by atoms with E-state index in [9.17, 15) is 4.79 Å². The second-order valence-electron chi connectivity index (χ2n) is 6.31. The zero-order valence-electron chi connectivity index (χ0n) is 13.6. The number of fused-ring (bicyclic) bond motifs is 2. The van der Waals surface area contributed by atoms with E-state index in [-0.39, 0.29) is 5.97 Å². The van der Waals surface area contributed by atoms with E-state index in [4.69, 9.17) is 14.2 Å². The number of benzene rings is 1. The summed E-state index contributed by atoms with van der Waals surface area (Å²) in [5.41, 5.74) is 1.64. The topological polar surface area (TPSA) is 44.8 Å². The zero-order valence-corrected chi connectivity index (χ0v) is 15.2. The van der Waals surface area contributed by atoms with Gasteiger partial charge in [-0.3, -0.25) is 4.79 Å². The summed E-state index contributed by atoms with van der Waals surface area (Å²) < 4.78 is 17.4. The van der Waals surface area contributed by atoms with Crippen molar-refractivity contribution in [3.8, 4) is 5.75 Å². The van der Waals surface area contributed by atoms with Gasteiger partial charge in [0.25, 0.3) is 0 Å². The Labute approximate surface area is 144 Å². The van der Waals surface area contributed by atoms with Crippen molar-refractivity contribution in [1.29, 1.82) is 0 Å². The van der Waals surface area contributed by atoms with E-state index in [1.807, 2.05) is 25.1 Å². The molecule has 5 heteroatoms. The molecule has 1 heterocycles. The van der Waals surface area contributed by atoms with Crippen LogP contribution in [0.1, 0.15) is 31.7 Å².